The van der Waals surface area contributed by atoms with E-state index in [2.05, 4.69) is 26.3 Å². The minimum Gasteiger partial charge on any atom is -0.360 e. The predicted octanol–water partition coefficient (Wildman–Crippen LogP) is 1.40. The lowest BCUT2D eigenvalue weighted by Gasteiger charge is -2.31. The summed E-state index contributed by atoms with van der Waals surface area (Å²) >= 11 is 0. The maximum Gasteiger partial charge on any atom is 0.224 e. The summed E-state index contributed by atoms with van der Waals surface area (Å²) in [6.07, 6.45) is -0.407. The number of morpholine rings is 1. The number of fused-ring (bicyclic) bond motifs is 1. The minimum atomic E-state index is -0.407. The molecule has 1 aliphatic rings. The largest absolute Gasteiger partial charge is 0.360 e. The summed E-state index contributed by atoms with van der Waals surface area (Å²) in [4.78, 5) is 11.1. The molecule has 6 heteroatoms. The van der Waals surface area contributed by atoms with Gasteiger partial charge >= 0.3 is 0 Å². The Morgan fingerprint density at radius 3 is 3.05 bits per heavy atom. The van der Waals surface area contributed by atoms with Crippen molar-refractivity contribution in [1.82, 2.24) is 9.97 Å². The maximum absolute atomic E-state index is 9.02. The molecule has 0 saturated carbocycles. The van der Waals surface area contributed by atoms with Crippen LogP contribution in [0, 0.1) is 11.3 Å². The summed E-state index contributed by atoms with van der Waals surface area (Å²) in [6.45, 7) is 1.79. The van der Waals surface area contributed by atoms with Gasteiger partial charge in [0.25, 0.3) is 0 Å². The highest BCUT2D eigenvalue weighted by molar-refractivity contribution is 5.90. The molecule has 20 heavy (non-hydrogen) atoms. The topological polar surface area (TPSA) is 74.1 Å². The normalized spacial score (nSPS) is 18.8. The molecule has 1 aromatic heterocycles. The van der Waals surface area contributed by atoms with Gasteiger partial charge in [-0.1, -0.05) is 12.1 Å². The van der Waals surface area contributed by atoms with Gasteiger partial charge in [-0.05, 0) is 12.1 Å². The molecule has 1 aliphatic heterocycles. The van der Waals surface area contributed by atoms with Crippen LogP contribution >= 0.6 is 0 Å². The summed E-state index contributed by atoms with van der Waals surface area (Å²) in [6, 6.07) is 10.0. The Hall–Kier alpha value is -2.39. The fourth-order valence-corrected chi connectivity index (χ4v) is 2.33. The number of hydrogen-bond acceptors (Lipinski definition) is 6. The van der Waals surface area contributed by atoms with E-state index in [1.54, 1.807) is 7.05 Å². The minimum absolute atomic E-state index is 0.407. The van der Waals surface area contributed by atoms with Gasteiger partial charge in [-0.25, -0.2) is 4.98 Å². The molecule has 1 fully saturated rings. The Morgan fingerprint density at radius 1 is 1.40 bits per heavy atom. The van der Waals surface area contributed by atoms with Crippen LogP contribution in [0.5, 0.6) is 0 Å². The second-order valence-electron chi connectivity index (χ2n) is 4.57. The summed E-state index contributed by atoms with van der Waals surface area (Å²) in [7, 11) is 1.80. The first-order chi connectivity index (χ1) is 9.81. The van der Waals surface area contributed by atoms with Crippen LogP contribution in [0.4, 0.5) is 11.8 Å². The molecule has 0 spiro atoms. The van der Waals surface area contributed by atoms with Crippen molar-refractivity contribution >= 4 is 22.7 Å². The number of nitrogens with zero attached hydrogens (tertiary/aromatic N) is 4. The van der Waals surface area contributed by atoms with Crippen LogP contribution in [0.15, 0.2) is 24.3 Å². The molecule has 1 atom stereocenters. The Kier molecular flexibility index (Phi) is 3.35. The highest BCUT2D eigenvalue weighted by Crippen LogP contribution is 2.26. The molecule has 0 aliphatic carbocycles. The molecule has 1 aromatic carbocycles. The summed E-state index contributed by atoms with van der Waals surface area (Å²) in [5, 5.41) is 13.0. The van der Waals surface area contributed by atoms with Gasteiger partial charge < -0.3 is 15.0 Å². The van der Waals surface area contributed by atoms with E-state index in [1.165, 1.54) is 0 Å². The van der Waals surface area contributed by atoms with Crippen LogP contribution in [0.2, 0.25) is 0 Å². The Morgan fingerprint density at radius 2 is 2.25 bits per heavy atom. The van der Waals surface area contributed by atoms with Crippen LogP contribution in [-0.2, 0) is 4.74 Å². The Labute approximate surface area is 117 Å². The average molecular weight is 269 g/mol. The molecule has 1 N–H and O–H groups in total. The first-order valence-electron chi connectivity index (χ1n) is 6.52. The van der Waals surface area contributed by atoms with Crippen molar-refractivity contribution < 1.29 is 4.74 Å². The van der Waals surface area contributed by atoms with E-state index < -0.39 is 6.10 Å². The SMILES string of the molecule is CNc1nc(N2CCOC(C#N)C2)c2ccccc2n1. The van der Waals surface area contributed by atoms with Gasteiger partial charge in [0, 0.05) is 19.0 Å². The number of benzene rings is 1. The van der Waals surface area contributed by atoms with E-state index in [9.17, 15) is 0 Å². The average Bonchev–Trinajstić information content (AvgIpc) is 2.53. The molecule has 1 saturated heterocycles. The molecule has 0 bridgehead atoms. The Balaban J connectivity index is 2.07. The monoisotopic (exact) mass is 269 g/mol. The number of anilines is 2. The van der Waals surface area contributed by atoms with Gasteiger partial charge in [0.15, 0.2) is 6.10 Å². The van der Waals surface area contributed by atoms with Crippen molar-refractivity contribution in [2.24, 2.45) is 0 Å². The van der Waals surface area contributed by atoms with Crippen LogP contribution in [-0.4, -0.2) is 42.8 Å². The molecule has 102 valence electrons. The van der Waals surface area contributed by atoms with Gasteiger partial charge in [0.1, 0.15) is 5.82 Å². The molecule has 0 radical (unpaired) electrons. The molecular weight excluding hydrogens is 254 g/mol. The second-order valence-corrected chi connectivity index (χ2v) is 4.57. The summed E-state index contributed by atoms with van der Waals surface area (Å²) in [5.74, 6) is 1.43. The summed E-state index contributed by atoms with van der Waals surface area (Å²) in [5.41, 5.74) is 0.891. The first-order valence-corrected chi connectivity index (χ1v) is 6.52. The van der Waals surface area contributed by atoms with Crippen molar-refractivity contribution in [1.29, 1.82) is 5.26 Å². The zero-order chi connectivity index (χ0) is 13.9. The van der Waals surface area contributed by atoms with Crippen LogP contribution in [0.25, 0.3) is 10.9 Å². The molecular formula is C14H15N5O. The van der Waals surface area contributed by atoms with E-state index in [1.807, 2.05) is 24.3 Å². The lowest BCUT2D eigenvalue weighted by Crippen LogP contribution is -2.42. The maximum atomic E-state index is 9.02. The first kappa shape index (κ1) is 12.6. The number of rotatable bonds is 2. The third-order valence-corrected chi connectivity index (χ3v) is 3.32. The number of nitriles is 1. The number of aromatic nitrogens is 2. The van der Waals surface area contributed by atoms with Crippen LogP contribution in [0.1, 0.15) is 0 Å². The third kappa shape index (κ3) is 2.24. The highest BCUT2D eigenvalue weighted by Gasteiger charge is 2.23. The van der Waals surface area contributed by atoms with Gasteiger partial charge in [0.2, 0.25) is 5.95 Å². The van der Waals surface area contributed by atoms with Crippen molar-refractivity contribution in [3.8, 4) is 6.07 Å². The van der Waals surface area contributed by atoms with Crippen molar-refractivity contribution in [3.05, 3.63) is 24.3 Å². The Bertz CT molecular complexity index is 666. The lowest BCUT2D eigenvalue weighted by atomic mass is 10.2. The molecule has 1 unspecified atom stereocenters. The van der Waals surface area contributed by atoms with E-state index in [-0.39, 0.29) is 0 Å². The van der Waals surface area contributed by atoms with Crippen molar-refractivity contribution in [2.75, 3.05) is 37.0 Å². The van der Waals surface area contributed by atoms with Crippen molar-refractivity contribution in [3.63, 3.8) is 0 Å². The van der Waals surface area contributed by atoms with E-state index in [0.29, 0.717) is 19.1 Å². The number of nitrogens with one attached hydrogen (secondary N) is 1. The number of hydrogen-bond donors (Lipinski definition) is 1. The zero-order valence-electron chi connectivity index (χ0n) is 11.2. The number of ether oxygens (including phenoxy) is 1. The predicted molar refractivity (Wildman–Crippen MR) is 76.7 cm³/mol. The quantitative estimate of drug-likeness (QED) is 0.888. The molecule has 3 rings (SSSR count). The molecule has 6 nitrogen and oxygen atoms in total. The van der Waals surface area contributed by atoms with Crippen molar-refractivity contribution in [2.45, 2.75) is 6.10 Å². The number of para-hydroxylation sites is 1. The fraction of sp³-hybridized carbons (Fsp3) is 0.357. The van der Waals surface area contributed by atoms with Gasteiger partial charge in [0.05, 0.1) is 24.7 Å². The van der Waals surface area contributed by atoms with Gasteiger partial charge in [-0.2, -0.15) is 10.2 Å². The van der Waals surface area contributed by atoms with E-state index >= 15 is 0 Å². The molecule has 2 heterocycles. The van der Waals surface area contributed by atoms with Crippen LogP contribution in [0.3, 0.4) is 0 Å². The highest BCUT2D eigenvalue weighted by atomic mass is 16.5. The smallest absolute Gasteiger partial charge is 0.224 e. The van der Waals surface area contributed by atoms with Crippen LogP contribution < -0.4 is 10.2 Å². The lowest BCUT2D eigenvalue weighted by molar-refractivity contribution is 0.0762. The van der Waals surface area contributed by atoms with E-state index in [0.717, 1.165) is 23.3 Å². The molecule has 0 amide bonds. The third-order valence-electron chi connectivity index (χ3n) is 3.32. The van der Waals surface area contributed by atoms with Gasteiger partial charge in [-0.3, -0.25) is 0 Å². The molecule has 2 aromatic rings. The van der Waals surface area contributed by atoms with Gasteiger partial charge in [-0.15, -0.1) is 0 Å². The summed E-state index contributed by atoms with van der Waals surface area (Å²) < 4.78 is 5.39. The second kappa shape index (κ2) is 5.31. The zero-order valence-corrected chi connectivity index (χ0v) is 11.2. The van der Waals surface area contributed by atoms with E-state index in [4.69, 9.17) is 10.00 Å². The fourth-order valence-electron chi connectivity index (χ4n) is 2.33. The standard InChI is InChI=1S/C14H15N5O/c1-16-14-17-12-5-3-2-4-11(12)13(18-14)19-6-7-20-10(8-15)9-19/h2-5,10H,6-7,9H2,1H3,(H,16,17,18).